The van der Waals surface area contributed by atoms with E-state index in [4.69, 9.17) is 5.73 Å². The van der Waals surface area contributed by atoms with Crippen molar-refractivity contribution in [3.63, 3.8) is 0 Å². The minimum absolute atomic E-state index is 0.273. The largest absolute Gasteiger partial charge is 0.321 e. The molecule has 0 fully saturated rings. The summed E-state index contributed by atoms with van der Waals surface area (Å²) < 4.78 is 0. The summed E-state index contributed by atoms with van der Waals surface area (Å²) in [5.74, 6) is 0.273. The molecule has 0 aliphatic rings. The van der Waals surface area contributed by atoms with Crippen LogP contribution in [0.15, 0.2) is 43.0 Å². The Morgan fingerprint density at radius 1 is 1.38 bits per heavy atom. The first-order chi connectivity index (χ1) is 6.09. The van der Waals surface area contributed by atoms with E-state index < -0.39 is 0 Å². The van der Waals surface area contributed by atoms with Crippen LogP contribution < -0.4 is 5.73 Å². The van der Waals surface area contributed by atoms with Crippen LogP contribution in [-0.2, 0) is 5.54 Å². The van der Waals surface area contributed by atoms with Crippen LogP contribution in [0.5, 0.6) is 0 Å². The van der Waals surface area contributed by atoms with E-state index in [1.54, 1.807) is 0 Å². The molecular formula is C12H17N. The third kappa shape index (κ3) is 1.99. The standard InChI is InChI=1S/C12H17N/c1-4-10(2)12(3,13)11-8-6-5-7-9-11/h4-10H,1,13H2,2-3H3/t10-,12+/m1/s1. The Bertz CT molecular complexity index is 274. The molecule has 1 rings (SSSR count). The first-order valence-electron chi connectivity index (χ1n) is 4.56. The highest BCUT2D eigenvalue weighted by Crippen LogP contribution is 2.26. The maximum absolute atomic E-state index is 6.22. The summed E-state index contributed by atoms with van der Waals surface area (Å²) in [5, 5.41) is 0. The third-order valence-electron chi connectivity index (χ3n) is 2.70. The van der Waals surface area contributed by atoms with E-state index in [0.717, 1.165) is 5.56 Å². The molecule has 0 radical (unpaired) electrons. The van der Waals surface area contributed by atoms with E-state index in [-0.39, 0.29) is 11.5 Å². The first-order valence-corrected chi connectivity index (χ1v) is 4.56. The number of hydrogen-bond donors (Lipinski definition) is 1. The molecule has 13 heavy (non-hydrogen) atoms. The molecule has 0 aliphatic carbocycles. The lowest BCUT2D eigenvalue weighted by atomic mass is 9.82. The second-order valence-electron chi connectivity index (χ2n) is 3.67. The fraction of sp³-hybridized carbons (Fsp3) is 0.333. The van der Waals surface area contributed by atoms with Crippen molar-refractivity contribution in [1.29, 1.82) is 0 Å². The highest BCUT2D eigenvalue weighted by atomic mass is 14.7. The molecule has 2 N–H and O–H groups in total. The third-order valence-corrected chi connectivity index (χ3v) is 2.70. The lowest BCUT2D eigenvalue weighted by Crippen LogP contribution is -2.38. The van der Waals surface area contributed by atoms with Crippen molar-refractivity contribution in [2.24, 2.45) is 11.7 Å². The Morgan fingerprint density at radius 2 is 1.92 bits per heavy atom. The lowest BCUT2D eigenvalue weighted by molar-refractivity contribution is 0.386. The van der Waals surface area contributed by atoms with Crippen LogP contribution in [0.25, 0.3) is 0 Å². The lowest BCUT2D eigenvalue weighted by Gasteiger charge is -2.30. The predicted octanol–water partition coefficient (Wildman–Crippen LogP) is 2.68. The van der Waals surface area contributed by atoms with Crippen LogP contribution in [-0.4, -0.2) is 0 Å². The van der Waals surface area contributed by atoms with Crippen LogP contribution in [0.1, 0.15) is 19.4 Å². The molecule has 1 heteroatoms. The van der Waals surface area contributed by atoms with Gasteiger partial charge in [-0.15, -0.1) is 6.58 Å². The molecule has 0 saturated heterocycles. The highest BCUT2D eigenvalue weighted by Gasteiger charge is 2.25. The van der Waals surface area contributed by atoms with Gasteiger partial charge in [-0.05, 0) is 18.4 Å². The first kappa shape index (κ1) is 10.0. The molecule has 0 aromatic heterocycles. The van der Waals surface area contributed by atoms with E-state index in [1.807, 2.05) is 31.2 Å². The summed E-state index contributed by atoms with van der Waals surface area (Å²) in [7, 11) is 0. The average Bonchev–Trinajstić information content (AvgIpc) is 2.18. The SMILES string of the molecule is C=C[C@@H](C)[C@](C)(N)c1ccccc1. The number of benzene rings is 1. The van der Waals surface area contributed by atoms with Crippen LogP contribution in [0.2, 0.25) is 0 Å². The summed E-state index contributed by atoms with van der Waals surface area (Å²) in [4.78, 5) is 0. The van der Waals surface area contributed by atoms with E-state index in [1.165, 1.54) is 0 Å². The minimum atomic E-state index is -0.316. The molecule has 0 saturated carbocycles. The number of nitrogens with two attached hydrogens (primary N) is 1. The fourth-order valence-corrected chi connectivity index (χ4v) is 1.30. The summed E-state index contributed by atoms with van der Waals surface area (Å²) in [6.07, 6.45) is 1.90. The second kappa shape index (κ2) is 3.75. The smallest absolute Gasteiger partial charge is 0.0441 e. The summed E-state index contributed by atoms with van der Waals surface area (Å²) in [6, 6.07) is 10.1. The monoisotopic (exact) mass is 175 g/mol. The van der Waals surface area contributed by atoms with E-state index in [2.05, 4.69) is 25.6 Å². The predicted molar refractivity (Wildman–Crippen MR) is 57.3 cm³/mol. The summed E-state index contributed by atoms with van der Waals surface area (Å²) >= 11 is 0. The Hall–Kier alpha value is -1.08. The van der Waals surface area contributed by atoms with Crippen molar-refractivity contribution in [2.75, 3.05) is 0 Å². The van der Waals surface area contributed by atoms with Crippen LogP contribution in [0, 0.1) is 5.92 Å². The van der Waals surface area contributed by atoms with Gasteiger partial charge in [-0.1, -0.05) is 43.3 Å². The van der Waals surface area contributed by atoms with Gasteiger partial charge < -0.3 is 5.73 Å². The zero-order valence-corrected chi connectivity index (χ0v) is 8.33. The molecule has 1 aromatic rings. The molecule has 0 aliphatic heterocycles. The van der Waals surface area contributed by atoms with Crippen LogP contribution >= 0.6 is 0 Å². The Labute approximate surface area is 80.3 Å². The van der Waals surface area contributed by atoms with Gasteiger partial charge in [-0.3, -0.25) is 0 Å². The molecule has 0 amide bonds. The van der Waals surface area contributed by atoms with Crippen LogP contribution in [0.3, 0.4) is 0 Å². The minimum Gasteiger partial charge on any atom is -0.321 e. The molecule has 1 nitrogen and oxygen atoms in total. The molecule has 0 heterocycles. The second-order valence-corrected chi connectivity index (χ2v) is 3.67. The van der Waals surface area contributed by atoms with Gasteiger partial charge in [-0.2, -0.15) is 0 Å². The van der Waals surface area contributed by atoms with E-state index in [0.29, 0.717) is 0 Å². The van der Waals surface area contributed by atoms with E-state index >= 15 is 0 Å². The molecule has 0 bridgehead atoms. The normalized spacial score (nSPS) is 17.5. The van der Waals surface area contributed by atoms with Gasteiger partial charge in [0.25, 0.3) is 0 Å². The van der Waals surface area contributed by atoms with Crippen molar-refractivity contribution in [1.82, 2.24) is 0 Å². The van der Waals surface area contributed by atoms with Crippen LogP contribution in [0.4, 0.5) is 0 Å². The van der Waals surface area contributed by atoms with Gasteiger partial charge in [0.2, 0.25) is 0 Å². The fourth-order valence-electron chi connectivity index (χ4n) is 1.30. The van der Waals surface area contributed by atoms with Crippen molar-refractivity contribution < 1.29 is 0 Å². The average molecular weight is 175 g/mol. The zero-order valence-electron chi connectivity index (χ0n) is 8.33. The number of rotatable bonds is 3. The Balaban J connectivity index is 3.00. The molecule has 0 unspecified atom stereocenters. The Kier molecular flexibility index (Phi) is 2.89. The van der Waals surface area contributed by atoms with Gasteiger partial charge in [0, 0.05) is 5.54 Å². The van der Waals surface area contributed by atoms with Gasteiger partial charge in [-0.25, -0.2) is 0 Å². The van der Waals surface area contributed by atoms with Crippen molar-refractivity contribution >= 4 is 0 Å². The van der Waals surface area contributed by atoms with Gasteiger partial charge in [0.15, 0.2) is 0 Å². The molecule has 70 valence electrons. The van der Waals surface area contributed by atoms with Gasteiger partial charge >= 0.3 is 0 Å². The van der Waals surface area contributed by atoms with E-state index in [9.17, 15) is 0 Å². The molecule has 0 spiro atoms. The number of hydrogen-bond acceptors (Lipinski definition) is 1. The van der Waals surface area contributed by atoms with Gasteiger partial charge in [0.05, 0.1) is 0 Å². The van der Waals surface area contributed by atoms with Crippen molar-refractivity contribution in [2.45, 2.75) is 19.4 Å². The van der Waals surface area contributed by atoms with Crippen molar-refractivity contribution in [3.05, 3.63) is 48.6 Å². The zero-order chi connectivity index (χ0) is 9.90. The molecular weight excluding hydrogens is 158 g/mol. The maximum Gasteiger partial charge on any atom is 0.0441 e. The summed E-state index contributed by atoms with van der Waals surface area (Å²) in [5.41, 5.74) is 7.06. The quantitative estimate of drug-likeness (QED) is 0.702. The summed E-state index contributed by atoms with van der Waals surface area (Å²) in [6.45, 7) is 7.89. The highest BCUT2D eigenvalue weighted by molar-refractivity contribution is 5.24. The van der Waals surface area contributed by atoms with Gasteiger partial charge in [0.1, 0.15) is 0 Å². The van der Waals surface area contributed by atoms with Crippen molar-refractivity contribution in [3.8, 4) is 0 Å². The maximum atomic E-state index is 6.22. The Morgan fingerprint density at radius 3 is 2.38 bits per heavy atom. The molecule has 1 aromatic carbocycles. The molecule has 2 atom stereocenters. The topological polar surface area (TPSA) is 26.0 Å².